The largest absolute Gasteiger partial charge is 0.418 e. The van der Waals surface area contributed by atoms with Crippen molar-refractivity contribution < 1.29 is 18.8 Å². The van der Waals surface area contributed by atoms with Gasteiger partial charge in [0.25, 0.3) is 0 Å². The first-order valence-electron chi connectivity index (χ1n) is 4.00. The number of benzene rings is 1. The normalized spacial score (nSPS) is 9.94. The second kappa shape index (κ2) is 4.99. The minimum absolute atomic E-state index is 0.0910. The molecule has 0 aliphatic carbocycles. The van der Waals surface area contributed by atoms with Gasteiger partial charge in [0.1, 0.15) is 5.82 Å². The number of esters is 1. The van der Waals surface area contributed by atoms with E-state index in [4.69, 9.17) is 5.73 Å². The maximum Gasteiger partial charge on any atom is 0.325 e. The fourth-order valence-corrected chi connectivity index (χ4v) is 1.24. The third-order valence-corrected chi connectivity index (χ3v) is 2.20. The predicted molar refractivity (Wildman–Crippen MR) is 55.4 cm³/mol. The Bertz CT molecular complexity index is 452. The molecular weight excluding hydrogens is 287 g/mol. The highest BCUT2D eigenvalue weighted by Crippen LogP contribution is 2.32. The molecule has 0 amide bonds. The molecule has 0 bridgehead atoms. The standard InChI is InChI=1S/C8H6BrFN2O4/c9-4-1-6(12(14)15)7(2-5(4)10)16-8(13)3-11/h1-2H,3,11H2. The van der Waals surface area contributed by atoms with Crippen LogP contribution < -0.4 is 10.5 Å². The van der Waals surface area contributed by atoms with Crippen LogP contribution in [0, 0.1) is 15.9 Å². The molecular formula is C8H6BrFN2O4. The topological polar surface area (TPSA) is 95.5 Å². The van der Waals surface area contributed by atoms with Crippen LogP contribution in [0.2, 0.25) is 0 Å². The second-order valence-electron chi connectivity index (χ2n) is 2.67. The molecule has 0 spiro atoms. The zero-order chi connectivity index (χ0) is 12.3. The lowest BCUT2D eigenvalue weighted by atomic mass is 10.3. The van der Waals surface area contributed by atoms with Crippen molar-refractivity contribution in [3.05, 3.63) is 32.5 Å². The highest BCUT2D eigenvalue weighted by molar-refractivity contribution is 9.10. The highest BCUT2D eigenvalue weighted by atomic mass is 79.9. The van der Waals surface area contributed by atoms with Crippen molar-refractivity contribution in [2.75, 3.05) is 6.54 Å². The Morgan fingerprint density at radius 1 is 1.62 bits per heavy atom. The van der Waals surface area contributed by atoms with Gasteiger partial charge in [0, 0.05) is 12.1 Å². The van der Waals surface area contributed by atoms with Gasteiger partial charge in [-0.15, -0.1) is 0 Å². The van der Waals surface area contributed by atoms with Gasteiger partial charge in [-0.25, -0.2) is 4.39 Å². The van der Waals surface area contributed by atoms with Crippen molar-refractivity contribution in [3.63, 3.8) is 0 Å². The lowest BCUT2D eigenvalue weighted by Gasteiger charge is -2.04. The van der Waals surface area contributed by atoms with Crippen LogP contribution in [-0.4, -0.2) is 17.4 Å². The van der Waals surface area contributed by atoms with Crippen molar-refractivity contribution in [3.8, 4) is 5.75 Å². The summed E-state index contributed by atoms with van der Waals surface area (Å²) in [5.41, 5.74) is 4.45. The first-order chi connectivity index (χ1) is 7.45. The summed E-state index contributed by atoms with van der Waals surface area (Å²) < 4.78 is 17.5. The Hall–Kier alpha value is -1.54. The number of hydrogen-bond donors (Lipinski definition) is 1. The molecule has 2 N–H and O–H groups in total. The SMILES string of the molecule is NCC(=O)Oc1cc(F)c(Br)cc1[N+](=O)[O-]. The average Bonchev–Trinajstić information content (AvgIpc) is 2.22. The van der Waals surface area contributed by atoms with E-state index >= 15 is 0 Å². The van der Waals surface area contributed by atoms with Gasteiger partial charge in [-0.1, -0.05) is 0 Å². The zero-order valence-corrected chi connectivity index (χ0v) is 9.36. The number of ether oxygens (including phenoxy) is 1. The molecule has 1 rings (SSSR count). The van der Waals surface area contributed by atoms with E-state index in [0.29, 0.717) is 0 Å². The maximum atomic E-state index is 13.1. The molecule has 16 heavy (non-hydrogen) atoms. The summed E-state index contributed by atoms with van der Waals surface area (Å²) in [6.45, 7) is -0.450. The third-order valence-electron chi connectivity index (χ3n) is 1.59. The van der Waals surface area contributed by atoms with E-state index in [0.717, 1.165) is 12.1 Å². The molecule has 0 saturated carbocycles. The Morgan fingerprint density at radius 3 is 2.75 bits per heavy atom. The van der Waals surface area contributed by atoms with E-state index in [1.165, 1.54) is 0 Å². The maximum absolute atomic E-state index is 13.1. The van der Waals surface area contributed by atoms with E-state index in [9.17, 15) is 19.3 Å². The van der Waals surface area contributed by atoms with E-state index < -0.39 is 34.7 Å². The number of nitro groups is 1. The van der Waals surface area contributed by atoms with Gasteiger partial charge < -0.3 is 10.5 Å². The Balaban J connectivity index is 3.19. The predicted octanol–water partition coefficient (Wildman–Crippen LogP) is 1.36. The van der Waals surface area contributed by atoms with Crippen LogP contribution in [-0.2, 0) is 4.79 Å². The number of carbonyl (C=O) groups is 1. The Labute approximate surface area is 97.5 Å². The van der Waals surface area contributed by atoms with Crippen molar-refractivity contribution >= 4 is 27.6 Å². The van der Waals surface area contributed by atoms with Crippen LogP contribution in [0.5, 0.6) is 5.75 Å². The molecule has 86 valence electrons. The van der Waals surface area contributed by atoms with Gasteiger partial charge in [-0.05, 0) is 15.9 Å². The van der Waals surface area contributed by atoms with Gasteiger partial charge in [0.2, 0.25) is 5.75 Å². The van der Waals surface area contributed by atoms with E-state index in [-0.39, 0.29) is 4.47 Å². The smallest absolute Gasteiger partial charge is 0.325 e. The minimum atomic E-state index is -0.884. The summed E-state index contributed by atoms with van der Waals surface area (Å²) in [6, 6.07) is 1.66. The molecule has 1 aromatic carbocycles. The third kappa shape index (κ3) is 2.74. The van der Waals surface area contributed by atoms with Crippen LogP contribution in [0.15, 0.2) is 16.6 Å². The van der Waals surface area contributed by atoms with Crippen LogP contribution in [0.1, 0.15) is 0 Å². The van der Waals surface area contributed by atoms with E-state index in [2.05, 4.69) is 20.7 Å². The molecule has 0 aromatic heterocycles. The molecule has 0 heterocycles. The lowest BCUT2D eigenvalue weighted by Crippen LogP contribution is -2.20. The number of nitro benzene ring substituents is 1. The minimum Gasteiger partial charge on any atom is -0.418 e. The van der Waals surface area contributed by atoms with Gasteiger partial charge in [-0.3, -0.25) is 14.9 Å². The molecule has 0 aliphatic rings. The summed E-state index contributed by atoms with van der Waals surface area (Å²) in [6.07, 6.45) is 0. The summed E-state index contributed by atoms with van der Waals surface area (Å²) in [5.74, 6) is -2.13. The highest BCUT2D eigenvalue weighted by Gasteiger charge is 2.20. The summed E-state index contributed by atoms with van der Waals surface area (Å²) in [5, 5.41) is 10.6. The molecule has 0 unspecified atom stereocenters. The number of carbonyl (C=O) groups excluding carboxylic acids is 1. The molecule has 0 radical (unpaired) electrons. The van der Waals surface area contributed by atoms with E-state index in [1.54, 1.807) is 0 Å². The monoisotopic (exact) mass is 292 g/mol. The summed E-state index contributed by atoms with van der Waals surface area (Å²) in [7, 11) is 0. The summed E-state index contributed by atoms with van der Waals surface area (Å²) >= 11 is 2.79. The van der Waals surface area contributed by atoms with Crippen molar-refractivity contribution in [1.29, 1.82) is 0 Å². The van der Waals surface area contributed by atoms with Gasteiger partial charge >= 0.3 is 11.7 Å². The van der Waals surface area contributed by atoms with Crippen LogP contribution in [0.4, 0.5) is 10.1 Å². The first kappa shape index (κ1) is 12.5. The number of nitrogens with zero attached hydrogens (tertiary/aromatic N) is 1. The molecule has 1 aromatic rings. The molecule has 8 heteroatoms. The molecule has 0 aliphatic heterocycles. The molecule has 0 atom stereocenters. The fraction of sp³-hybridized carbons (Fsp3) is 0.125. The quantitative estimate of drug-likeness (QED) is 0.393. The van der Waals surface area contributed by atoms with E-state index in [1.807, 2.05) is 0 Å². The van der Waals surface area contributed by atoms with Crippen molar-refractivity contribution in [2.45, 2.75) is 0 Å². The Kier molecular flexibility index (Phi) is 3.91. The van der Waals surface area contributed by atoms with Gasteiger partial charge in [0.05, 0.1) is 15.9 Å². The zero-order valence-electron chi connectivity index (χ0n) is 7.78. The van der Waals surface area contributed by atoms with Gasteiger partial charge in [-0.2, -0.15) is 0 Å². The van der Waals surface area contributed by atoms with Crippen LogP contribution >= 0.6 is 15.9 Å². The number of nitrogens with two attached hydrogens (primary N) is 1. The number of hydrogen-bond acceptors (Lipinski definition) is 5. The van der Waals surface area contributed by atoms with Crippen molar-refractivity contribution in [2.24, 2.45) is 5.73 Å². The molecule has 0 saturated heterocycles. The summed E-state index contributed by atoms with van der Waals surface area (Å²) in [4.78, 5) is 20.7. The number of halogens is 2. The lowest BCUT2D eigenvalue weighted by molar-refractivity contribution is -0.385. The van der Waals surface area contributed by atoms with Crippen LogP contribution in [0.25, 0.3) is 0 Å². The first-order valence-corrected chi connectivity index (χ1v) is 4.79. The number of rotatable bonds is 3. The average molecular weight is 293 g/mol. The fourth-order valence-electron chi connectivity index (χ4n) is 0.907. The van der Waals surface area contributed by atoms with Crippen molar-refractivity contribution in [1.82, 2.24) is 0 Å². The second-order valence-corrected chi connectivity index (χ2v) is 3.52. The van der Waals surface area contributed by atoms with Gasteiger partial charge in [0.15, 0.2) is 0 Å². The molecule has 6 nitrogen and oxygen atoms in total. The van der Waals surface area contributed by atoms with Crippen LogP contribution in [0.3, 0.4) is 0 Å². The Morgan fingerprint density at radius 2 is 2.25 bits per heavy atom. The molecule has 0 fully saturated rings.